The highest BCUT2D eigenvalue weighted by Crippen LogP contribution is 2.30. The summed E-state index contributed by atoms with van der Waals surface area (Å²) < 4.78 is 5.50. The molecule has 0 saturated carbocycles. The third kappa shape index (κ3) is 4.17. The Kier molecular flexibility index (Phi) is 5.63. The zero-order valence-corrected chi connectivity index (χ0v) is 17.4. The molecule has 0 aliphatic heterocycles. The Morgan fingerprint density at radius 1 is 0.931 bits per heavy atom. The number of rotatable bonds is 6. The first kappa shape index (κ1) is 19.2. The van der Waals surface area contributed by atoms with Gasteiger partial charge in [-0.1, -0.05) is 42.5 Å². The molecule has 0 radical (unpaired) electrons. The molecule has 3 aromatic carbocycles. The van der Waals surface area contributed by atoms with E-state index in [0.717, 1.165) is 26.6 Å². The largest absolute Gasteiger partial charge is 0.494 e. The molecule has 0 aliphatic carbocycles. The molecule has 1 amide bonds. The zero-order chi connectivity index (χ0) is 20.2. The number of nitrogens with zero attached hydrogens (tertiary/aromatic N) is 1. The summed E-state index contributed by atoms with van der Waals surface area (Å²) in [5.74, 6) is 0.902. The summed E-state index contributed by atoms with van der Waals surface area (Å²) in [4.78, 5) is 16.6. The topological polar surface area (TPSA) is 29.5 Å². The van der Waals surface area contributed by atoms with Gasteiger partial charge in [-0.3, -0.25) is 4.79 Å². The summed E-state index contributed by atoms with van der Waals surface area (Å²) in [5.41, 5.74) is 2.25. The van der Waals surface area contributed by atoms with Crippen LogP contribution in [0.15, 0.2) is 78.9 Å². The van der Waals surface area contributed by atoms with Gasteiger partial charge in [0.2, 0.25) is 0 Å². The maximum atomic E-state index is 13.0. The Hall–Kier alpha value is -3.11. The molecular formula is C25H23NO2S. The van der Waals surface area contributed by atoms with E-state index in [-0.39, 0.29) is 5.91 Å². The molecule has 0 spiro atoms. The van der Waals surface area contributed by atoms with E-state index in [2.05, 4.69) is 24.3 Å². The number of ether oxygens (including phenoxy) is 1. The quantitative estimate of drug-likeness (QED) is 0.383. The van der Waals surface area contributed by atoms with Crippen molar-refractivity contribution in [3.8, 4) is 16.2 Å². The van der Waals surface area contributed by atoms with E-state index < -0.39 is 0 Å². The molecule has 4 rings (SSSR count). The van der Waals surface area contributed by atoms with Crippen LogP contribution in [0.3, 0.4) is 0 Å². The van der Waals surface area contributed by atoms with Crippen molar-refractivity contribution in [2.24, 2.45) is 0 Å². The van der Waals surface area contributed by atoms with Crippen LogP contribution >= 0.6 is 11.3 Å². The highest BCUT2D eigenvalue weighted by molar-refractivity contribution is 7.17. The lowest BCUT2D eigenvalue weighted by molar-refractivity contribution is 0.0790. The monoisotopic (exact) mass is 401 g/mol. The number of benzene rings is 3. The third-order valence-corrected chi connectivity index (χ3v) is 6.02. The lowest BCUT2D eigenvalue weighted by atomic mass is 10.0. The van der Waals surface area contributed by atoms with Crippen LogP contribution in [-0.4, -0.2) is 24.5 Å². The summed E-state index contributed by atoms with van der Waals surface area (Å²) in [6, 6.07) is 26.4. The van der Waals surface area contributed by atoms with Gasteiger partial charge >= 0.3 is 0 Å². The van der Waals surface area contributed by atoms with E-state index >= 15 is 0 Å². The van der Waals surface area contributed by atoms with Gasteiger partial charge in [-0.25, -0.2) is 0 Å². The van der Waals surface area contributed by atoms with E-state index in [1.54, 1.807) is 4.90 Å². The normalized spacial score (nSPS) is 10.8. The van der Waals surface area contributed by atoms with Gasteiger partial charge in [-0.15, -0.1) is 11.3 Å². The van der Waals surface area contributed by atoms with Crippen LogP contribution in [0.25, 0.3) is 21.2 Å². The van der Waals surface area contributed by atoms with Gasteiger partial charge in [0.15, 0.2) is 0 Å². The van der Waals surface area contributed by atoms with Gasteiger partial charge in [0, 0.05) is 18.5 Å². The molecule has 146 valence electrons. The predicted octanol–water partition coefficient (Wildman–Crippen LogP) is 6.24. The fourth-order valence-corrected chi connectivity index (χ4v) is 4.44. The Bertz CT molecular complexity index is 1130. The van der Waals surface area contributed by atoms with Gasteiger partial charge < -0.3 is 9.64 Å². The summed E-state index contributed by atoms with van der Waals surface area (Å²) in [5, 5.41) is 2.38. The van der Waals surface area contributed by atoms with Crippen LogP contribution < -0.4 is 4.74 Å². The fourth-order valence-electron chi connectivity index (χ4n) is 3.44. The van der Waals surface area contributed by atoms with Crippen LogP contribution in [0, 0.1) is 0 Å². The molecule has 0 saturated heterocycles. The van der Waals surface area contributed by atoms with E-state index in [4.69, 9.17) is 4.74 Å². The number of amides is 1. The van der Waals surface area contributed by atoms with Crippen LogP contribution in [0.4, 0.5) is 0 Å². The van der Waals surface area contributed by atoms with Gasteiger partial charge in [-0.2, -0.15) is 0 Å². The number of hydrogen-bond donors (Lipinski definition) is 0. The van der Waals surface area contributed by atoms with Crippen LogP contribution in [0.1, 0.15) is 22.2 Å². The summed E-state index contributed by atoms with van der Waals surface area (Å²) in [6.45, 7) is 3.20. The Morgan fingerprint density at radius 2 is 1.69 bits per heavy atom. The summed E-state index contributed by atoms with van der Waals surface area (Å²) >= 11 is 1.52. The molecule has 4 aromatic rings. The van der Waals surface area contributed by atoms with Crippen molar-refractivity contribution in [2.45, 2.75) is 13.5 Å². The second-order valence-electron chi connectivity index (χ2n) is 6.92. The SMILES string of the molecule is CCOc1ccc(-c2ccc(C(=O)N(C)Cc3cccc4ccccc34)s2)cc1. The van der Waals surface area contributed by atoms with Gasteiger partial charge in [-0.05, 0) is 65.2 Å². The van der Waals surface area contributed by atoms with Gasteiger partial charge in [0.25, 0.3) is 5.91 Å². The van der Waals surface area contributed by atoms with Crippen molar-refractivity contribution in [1.29, 1.82) is 0 Å². The Morgan fingerprint density at radius 3 is 2.48 bits per heavy atom. The van der Waals surface area contributed by atoms with E-state index in [1.807, 2.05) is 68.6 Å². The predicted molar refractivity (Wildman–Crippen MR) is 121 cm³/mol. The second-order valence-corrected chi connectivity index (χ2v) is 8.00. The highest BCUT2D eigenvalue weighted by Gasteiger charge is 2.16. The Labute approximate surface area is 175 Å². The number of carbonyl (C=O) groups is 1. The van der Waals surface area contributed by atoms with Gasteiger partial charge in [0.1, 0.15) is 5.75 Å². The molecule has 0 bridgehead atoms. The number of thiophene rings is 1. The third-order valence-electron chi connectivity index (χ3n) is 4.90. The lowest BCUT2D eigenvalue weighted by Crippen LogP contribution is -2.25. The number of carbonyl (C=O) groups excluding carboxylic acids is 1. The molecule has 29 heavy (non-hydrogen) atoms. The van der Waals surface area contributed by atoms with Crippen molar-refractivity contribution < 1.29 is 9.53 Å². The van der Waals surface area contributed by atoms with Crippen LogP contribution in [0.2, 0.25) is 0 Å². The molecule has 0 atom stereocenters. The first-order valence-corrected chi connectivity index (χ1v) is 10.5. The van der Waals surface area contributed by atoms with E-state index in [9.17, 15) is 4.79 Å². The van der Waals surface area contributed by atoms with E-state index in [1.165, 1.54) is 22.1 Å². The maximum absolute atomic E-state index is 13.0. The lowest BCUT2D eigenvalue weighted by Gasteiger charge is -2.17. The van der Waals surface area contributed by atoms with Gasteiger partial charge in [0.05, 0.1) is 11.5 Å². The average molecular weight is 402 g/mol. The van der Waals surface area contributed by atoms with Crippen LogP contribution in [-0.2, 0) is 6.54 Å². The van der Waals surface area contributed by atoms with Crippen molar-refractivity contribution in [3.05, 3.63) is 89.3 Å². The Balaban J connectivity index is 1.51. The molecule has 0 unspecified atom stereocenters. The molecule has 0 N–H and O–H groups in total. The molecule has 0 aliphatic rings. The maximum Gasteiger partial charge on any atom is 0.263 e. The first-order valence-electron chi connectivity index (χ1n) is 9.71. The molecule has 1 heterocycles. The summed E-state index contributed by atoms with van der Waals surface area (Å²) in [6.07, 6.45) is 0. The van der Waals surface area contributed by atoms with Crippen molar-refractivity contribution in [3.63, 3.8) is 0 Å². The number of fused-ring (bicyclic) bond motifs is 1. The smallest absolute Gasteiger partial charge is 0.263 e. The van der Waals surface area contributed by atoms with E-state index in [0.29, 0.717) is 13.2 Å². The minimum absolute atomic E-state index is 0.0418. The minimum Gasteiger partial charge on any atom is -0.494 e. The molecular weight excluding hydrogens is 378 g/mol. The second kappa shape index (κ2) is 8.50. The standard InChI is InChI=1S/C25H23NO2S/c1-3-28-21-13-11-19(12-14-21)23-15-16-24(29-23)25(27)26(2)17-20-9-6-8-18-7-4-5-10-22(18)20/h4-16H,3,17H2,1-2H3. The highest BCUT2D eigenvalue weighted by atomic mass is 32.1. The van der Waals surface area contributed by atoms with Crippen molar-refractivity contribution in [2.75, 3.05) is 13.7 Å². The zero-order valence-electron chi connectivity index (χ0n) is 16.6. The minimum atomic E-state index is 0.0418. The number of hydrogen-bond acceptors (Lipinski definition) is 3. The van der Waals surface area contributed by atoms with Crippen molar-refractivity contribution >= 4 is 28.0 Å². The average Bonchev–Trinajstić information content (AvgIpc) is 3.24. The molecule has 1 aromatic heterocycles. The molecule has 4 heteroatoms. The molecule has 0 fully saturated rings. The summed E-state index contributed by atoms with van der Waals surface area (Å²) in [7, 11) is 1.86. The van der Waals surface area contributed by atoms with Crippen LogP contribution in [0.5, 0.6) is 5.75 Å². The first-order chi connectivity index (χ1) is 14.2. The molecule has 3 nitrogen and oxygen atoms in total. The fraction of sp³-hybridized carbons (Fsp3) is 0.160. The van der Waals surface area contributed by atoms with Crippen molar-refractivity contribution in [1.82, 2.24) is 4.90 Å².